The molecule has 0 saturated carbocycles. The molecule has 1 amide bonds. The first-order chi connectivity index (χ1) is 16.6. The first-order valence-corrected chi connectivity index (χ1v) is 11.8. The van der Waals surface area contributed by atoms with Crippen LogP contribution in [0.2, 0.25) is 0 Å². The van der Waals surface area contributed by atoms with Crippen LogP contribution in [0.25, 0.3) is 21.5 Å². The Morgan fingerprint density at radius 1 is 1.29 bits per heavy atom. The Morgan fingerprint density at radius 3 is 3.03 bits per heavy atom. The SMILES string of the molecule is NC1CCN(C(=O)COc2cccc(-c3nnc(N(CCO)c4ccc5[nH]ncc5c4)s3)c2)C1. The van der Waals surface area contributed by atoms with E-state index in [0.29, 0.717) is 35.5 Å². The van der Waals surface area contributed by atoms with E-state index in [2.05, 4.69) is 20.4 Å². The lowest BCUT2D eigenvalue weighted by Gasteiger charge is -2.20. The van der Waals surface area contributed by atoms with Gasteiger partial charge in [0.2, 0.25) is 5.13 Å². The molecule has 176 valence electrons. The van der Waals surface area contributed by atoms with E-state index in [0.717, 1.165) is 28.6 Å². The Bertz CT molecular complexity index is 1290. The molecule has 0 spiro atoms. The van der Waals surface area contributed by atoms with Crippen LogP contribution in [0.3, 0.4) is 0 Å². The predicted octanol–water partition coefficient (Wildman–Crippen LogP) is 2.15. The zero-order valence-electron chi connectivity index (χ0n) is 18.4. The van der Waals surface area contributed by atoms with Gasteiger partial charge in [-0.1, -0.05) is 23.5 Å². The number of hydrogen-bond donors (Lipinski definition) is 3. The number of aromatic nitrogens is 4. The third-order valence-corrected chi connectivity index (χ3v) is 6.72. The number of amides is 1. The summed E-state index contributed by atoms with van der Waals surface area (Å²) in [5, 5.41) is 27.7. The van der Waals surface area contributed by atoms with Crippen molar-refractivity contribution in [3.63, 3.8) is 0 Å². The smallest absolute Gasteiger partial charge is 0.260 e. The molecule has 0 aliphatic carbocycles. The number of fused-ring (bicyclic) bond motifs is 1. The Hall–Kier alpha value is -3.54. The van der Waals surface area contributed by atoms with Crippen molar-refractivity contribution in [2.24, 2.45) is 5.73 Å². The number of benzene rings is 2. The topological polar surface area (TPSA) is 133 Å². The van der Waals surface area contributed by atoms with E-state index >= 15 is 0 Å². The normalized spacial score (nSPS) is 15.7. The molecule has 0 radical (unpaired) electrons. The summed E-state index contributed by atoms with van der Waals surface area (Å²) in [6.45, 7) is 1.57. The van der Waals surface area contributed by atoms with Gasteiger partial charge in [-0.05, 0) is 36.8 Å². The molecule has 1 fully saturated rings. The van der Waals surface area contributed by atoms with Gasteiger partial charge in [0, 0.05) is 42.3 Å². The summed E-state index contributed by atoms with van der Waals surface area (Å²) in [7, 11) is 0. The summed E-state index contributed by atoms with van der Waals surface area (Å²) in [6, 6.07) is 13.4. The summed E-state index contributed by atoms with van der Waals surface area (Å²) in [5.41, 5.74) is 8.55. The minimum Gasteiger partial charge on any atom is -0.484 e. The zero-order chi connectivity index (χ0) is 23.5. The van der Waals surface area contributed by atoms with Gasteiger partial charge in [-0.2, -0.15) is 5.10 Å². The number of carbonyl (C=O) groups excluding carboxylic acids is 1. The molecule has 1 aliphatic heterocycles. The standard InChI is InChI=1S/C23H25N7O3S/c24-17-6-7-29(13-17)21(32)14-33-19-3-1-2-15(11-19)22-27-28-23(34-22)30(8-9-31)18-4-5-20-16(10-18)12-25-26-20/h1-5,10-12,17,31H,6-9,13-14,24H2,(H,25,26). The summed E-state index contributed by atoms with van der Waals surface area (Å²) >= 11 is 1.41. The largest absolute Gasteiger partial charge is 0.484 e. The number of rotatable bonds is 8. The lowest BCUT2D eigenvalue weighted by molar-refractivity contribution is -0.132. The van der Waals surface area contributed by atoms with E-state index in [4.69, 9.17) is 10.5 Å². The van der Waals surface area contributed by atoms with Crippen molar-refractivity contribution in [3.8, 4) is 16.3 Å². The van der Waals surface area contributed by atoms with Crippen LogP contribution >= 0.6 is 11.3 Å². The van der Waals surface area contributed by atoms with Crippen LogP contribution in [0.1, 0.15) is 6.42 Å². The van der Waals surface area contributed by atoms with E-state index in [9.17, 15) is 9.90 Å². The lowest BCUT2D eigenvalue weighted by atomic mass is 10.2. The Kier molecular flexibility index (Phi) is 6.39. The number of anilines is 2. The van der Waals surface area contributed by atoms with E-state index in [1.807, 2.05) is 47.4 Å². The monoisotopic (exact) mass is 479 g/mol. The summed E-state index contributed by atoms with van der Waals surface area (Å²) in [5.74, 6) is 0.523. The highest BCUT2D eigenvalue weighted by Gasteiger charge is 2.24. The summed E-state index contributed by atoms with van der Waals surface area (Å²) in [4.78, 5) is 16.0. The highest BCUT2D eigenvalue weighted by Crippen LogP contribution is 2.34. The molecule has 2 aromatic heterocycles. The minimum absolute atomic E-state index is 0.0295. The molecule has 11 heteroatoms. The van der Waals surface area contributed by atoms with Gasteiger partial charge in [0.1, 0.15) is 10.8 Å². The average Bonchev–Trinajstić information content (AvgIpc) is 3.61. The van der Waals surface area contributed by atoms with Gasteiger partial charge in [0.15, 0.2) is 6.61 Å². The van der Waals surface area contributed by atoms with Crippen LogP contribution in [0.15, 0.2) is 48.7 Å². The van der Waals surface area contributed by atoms with Crippen LogP contribution in [0.4, 0.5) is 10.8 Å². The van der Waals surface area contributed by atoms with Crippen molar-refractivity contribution in [2.75, 3.05) is 37.7 Å². The van der Waals surface area contributed by atoms with Crippen LogP contribution in [0.5, 0.6) is 5.75 Å². The van der Waals surface area contributed by atoms with Crippen molar-refractivity contribution in [1.82, 2.24) is 25.3 Å². The Balaban J connectivity index is 1.31. The van der Waals surface area contributed by atoms with E-state index in [-0.39, 0.29) is 25.2 Å². The highest BCUT2D eigenvalue weighted by molar-refractivity contribution is 7.18. The number of ether oxygens (including phenoxy) is 1. The molecule has 4 aromatic rings. The molecule has 1 saturated heterocycles. The van der Waals surface area contributed by atoms with Gasteiger partial charge < -0.3 is 25.4 Å². The summed E-state index contributed by atoms with van der Waals surface area (Å²) < 4.78 is 5.75. The molecular formula is C23H25N7O3S. The van der Waals surface area contributed by atoms with Crippen molar-refractivity contribution >= 4 is 39.0 Å². The zero-order valence-corrected chi connectivity index (χ0v) is 19.2. The molecule has 3 heterocycles. The molecule has 1 atom stereocenters. The summed E-state index contributed by atoms with van der Waals surface area (Å²) in [6.07, 6.45) is 2.58. The molecule has 5 rings (SSSR count). The van der Waals surface area contributed by atoms with Crippen molar-refractivity contribution in [1.29, 1.82) is 0 Å². The number of likely N-dealkylation sites (tertiary alicyclic amines) is 1. The van der Waals surface area contributed by atoms with Gasteiger partial charge in [-0.25, -0.2) is 0 Å². The van der Waals surface area contributed by atoms with E-state index in [1.165, 1.54) is 11.3 Å². The molecule has 0 bridgehead atoms. The van der Waals surface area contributed by atoms with Crippen LogP contribution in [-0.2, 0) is 4.79 Å². The maximum absolute atomic E-state index is 12.4. The second kappa shape index (κ2) is 9.75. The second-order valence-electron chi connectivity index (χ2n) is 8.11. The fraction of sp³-hybridized carbons (Fsp3) is 0.304. The number of nitrogens with one attached hydrogen (secondary N) is 1. The third kappa shape index (κ3) is 4.72. The quantitative estimate of drug-likeness (QED) is 0.350. The molecule has 10 nitrogen and oxygen atoms in total. The fourth-order valence-electron chi connectivity index (χ4n) is 3.94. The molecule has 4 N–H and O–H groups in total. The van der Waals surface area contributed by atoms with Gasteiger partial charge >= 0.3 is 0 Å². The van der Waals surface area contributed by atoms with Gasteiger partial charge in [-0.15, -0.1) is 10.2 Å². The number of H-pyrrole nitrogens is 1. The molecular weight excluding hydrogens is 454 g/mol. The van der Waals surface area contributed by atoms with Crippen LogP contribution < -0.4 is 15.4 Å². The fourth-order valence-corrected chi connectivity index (χ4v) is 4.83. The average molecular weight is 480 g/mol. The van der Waals surface area contributed by atoms with Gasteiger partial charge in [0.25, 0.3) is 5.91 Å². The number of hydrogen-bond acceptors (Lipinski definition) is 9. The highest BCUT2D eigenvalue weighted by atomic mass is 32.1. The van der Waals surface area contributed by atoms with Crippen LogP contribution in [0, 0.1) is 0 Å². The van der Waals surface area contributed by atoms with Gasteiger partial charge in [0.05, 0.1) is 18.3 Å². The van der Waals surface area contributed by atoms with Crippen LogP contribution in [-0.4, -0.2) is 75.2 Å². The number of nitrogens with zero attached hydrogens (tertiary/aromatic N) is 5. The Morgan fingerprint density at radius 2 is 2.21 bits per heavy atom. The lowest BCUT2D eigenvalue weighted by Crippen LogP contribution is -2.35. The molecule has 34 heavy (non-hydrogen) atoms. The van der Waals surface area contributed by atoms with E-state index in [1.54, 1.807) is 11.1 Å². The van der Waals surface area contributed by atoms with Gasteiger partial charge in [-0.3, -0.25) is 9.89 Å². The number of aliphatic hydroxyl groups excluding tert-OH is 1. The van der Waals surface area contributed by atoms with E-state index < -0.39 is 0 Å². The maximum atomic E-state index is 12.4. The predicted molar refractivity (Wildman–Crippen MR) is 130 cm³/mol. The number of nitrogens with two attached hydrogens (primary N) is 1. The van der Waals surface area contributed by atoms with Crippen molar-refractivity contribution in [2.45, 2.75) is 12.5 Å². The third-order valence-electron chi connectivity index (χ3n) is 5.73. The van der Waals surface area contributed by atoms with Crippen molar-refractivity contribution < 1.29 is 14.6 Å². The minimum atomic E-state index is -0.0641. The molecule has 1 unspecified atom stereocenters. The molecule has 1 aliphatic rings. The first kappa shape index (κ1) is 22.3. The maximum Gasteiger partial charge on any atom is 0.260 e. The number of aliphatic hydroxyl groups is 1. The molecule has 2 aromatic carbocycles. The second-order valence-corrected chi connectivity index (χ2v) is 9.07. The van der Waals surface area contributed by atoms with Crippen molar-refractivity contribution in [3.05, 3.63) is 48.7 Å². The Labute approximate surface area is 200 Å². The number of aromatic amines is 1. The first-order valence-electron chi connectivity index (χ1n) is 11.0. The number of carbonyl (C=O) groups is 1.